The van der Waals surface area contributed by atoms with E-state index in [1.165, 1.54) is 13.2 Å². The van der Waals surface area contributed by atoms with Crippen molar-refractivity contribution >= 4 is 23.5 Å². The Bertz CT molecular complexity index is 794. The van der Waals surface area contributed by atoms with Crippen LogP contribution >= 0.6 is 11.6 Å². The average molecular weight is 363 g/mol. The minimum atomic E-state index is -0.145. The quantitative estimate of drug-likeness (QED) is 0.540. The van der Waals surface area contributed by atoms with Gasteiger partial charge in [-0.25, -0.2) is 0 Å². The molecular weight excluding hydrogens is 340 g/mol. The Labute approximate surface area is 153 Å². The van der Waals surface area contributed by atoms with E-state index in [9.17, 15) is 4.79 Å². The molecule has 6 heteroatoms. The smallest absolute Gasteiger partial charge is 0.185 e. The van der Waals surface area contributed by atoms with Crippen molar-refractivity contribution in [1.29, 1.82) is 0 Å². The average Bonchev–Trinajstić information content (AvgIpc) is 2.84. The standard InChI is InChI=1S/C19H23ClN2O3/c1-12(2)11-22-19(20)15(13(3)21-22)7-8-16(23)14-6-9-17(24-4)18(10-14)25-5/h6-10,12H,11H2,1-5H3/b8-7+. The summed E-state index contributed by atoms with van der Waals surface area (Å²) in [5.41, 5.74) is 2.07. The van der Waals surface area contributed by atoms with Gasteiger partial charge in [0.25, 0.3) is 0 Å². The Morgan fingerprint density at radius 1 is 1.28 bits per heavy atom. The minimum absolute atomic E-state index is 0.145. The Balaban J connectivity index is 2.25. The summed E-state index contributed by atoms with van der Waals surface area (Å²) in [5.74, 6) is 1.38. The summed E-state index contributed by atoms with van der Waals surface area (Å²) < 4.78 is 12.2. The minimum Gasteiger partial charge on any atom is -0.493 e. The van der Waals surface area contributed by atoms with Crippen molar-refractivity contribution in [2.45, 2.75) is 27.3 Å². The molecule has 2 rings (SSSR count). The maximum atomic E-state index is 12.4. The molecule has 0 aliphatic rings. The van der Waals surface area contributed by atoms with Crippen molar-refractivity contribution in [1.82, 2.24) is 9.78 Å². The lowest BCUT2D eigenvalue weighted by Gasteiger charge is -2.08. The third-order valence-corrected chi connectivity index (χ3v) is 4.12. The van der Waals surface area contributed by atoms with Gasteiger partial charge in [0, 0.05) is 17.7 Å². The number of aromatic nitrogens is 2. The SMILES string of the molecule is COc1ccc(C(=O)/C=C/c2c(C)nn(CC(C)C)c2Cl)cc1OC. The first kappa shape index (κ1) is 19.1. The van der Waals surface area contributed by atoms with Crippen LogP contribution in [0.15, 0.2) is 24.3 Å². The first-order valence-electron chi connectivity index (χ1n) is 8.04. The van der Waals surface area contributed by atoms with E-state index in [4.69, 9.17) is 21.1 Å². The van der Waals surface area contributed by atoms with E-state index >= 15 is 0 Å². The number of carbonyl (C=O) groups is 1. The van der Waals surface area contributed by atoms with Gasteiger partial charge in [-0.3, -0.25) is 9.48 Å². The van der Waals surface area contributed by atoms with Crippen molar-refractivity contribution in [2.24, 2.45) is 5.92 Å². The molecule has 0 aliphatic carbocycles. The van der Waals surface area contributed by atoms with Gasteiger partial charge in [-0.2, -0.15) is 5.10 Å². The zero-order valence-corrected chi connectivity index (χ0v) is 15.9. The van der Waals surface area contributed by atoms with Gasteiger partial charge in [0.15, 0.2) is 17.3 Å². The molecule has 2 aromatic rings. The molecule has 1 heterocycles. The monoisotopic (exact) mass is 362 g/mol. The molecule has 5 nitrogen and oxygen atoms in total. The van der Waals surface area contributed by atoms with Crippen molar-refractivity contribution in [3.05, 3.63) is 46.2 Å². The molecule has 1 aromatic carbocycles. The van der Waals surface area contributed by atoms with E-state index in [0.29, 0.717) is 28.1 Å². The molecule has 0 spiro atoms. The lowest BCUT2D eigenvalue weighted by molar-refractivity contribution is 0.104. The second-order valence-corrected chi connectivity index (χ2v) is 6.49. The number of nitrogens with zero attached hydrogens (tertiary/aromatic N) is 2. The molecule has 0 unspecified atom stereocenters. The number of carbonyl (C=O) groups excluding carboxylic acids is 1. The predicted molar refractivity (Wildman–Crippen MR) is 99.7 cm³/mol. The van der Waals surface area contributed by atoms with E-state index in [0.717, 1.165) is 17.8 Å². The highest BCUT2D eigenvalue weighted by molar-refractivity contribution is 6.31. The fraction of sp³-hybridized carbons (Fsp3) is 0.368. The molecule has 1 aromatic heterocycles. The Hall–Kier alpha value is -2.27. The van der Waals surface area contributed by atoms with E-state index in [1.54, 1.807) is 36.1 Å². The first-order chi connectivity index (χ1) is 11.9. The van der Waals surface area contributed by atoms with Crippen molar-refractivity contribution in [3.8, 4) is 11.5 Å². The van der Waals surface area contributed by atoms with Gasteiger partial charge in [0.05, 0.1) is 19.9 Å². The van der Waals surface area contributed by atoms with Crippen LogP contribution in [0.25, 0.3) is 6.08 Å². The molecule has 0 saturated carbocycles. The number of ketones is 1. The molecule has 0 aliphatic heterocycles. The van der Waals surface area contributed by atoms with Gasteiger partial charge < -0.3 is 9.47 Å². The van der Waals surface area contributed by atoms with E-state index < -0.39 is 0 Å². The van der Waals surface area contributed by atoms with E-state index in [1.807, 2.05) is 6.92 Å². The van der Waals surface area contributed by atoms with E-state index in [2.05, 4.69) is 18.9 Å². The molecule has 25 heavy (non-hydrogen) atoms. The topological polar surface area (TPSA) is 53.3 Å². The fourth-order valence-corrected chi connectivity index (χ4v) is 2.77. The first-order valence-corrected chi connectivity index (χ1v) is 8.42. The lowest BCUT2D eigenvalue weighted by Crippen LogP contribution is -2.06. The number of aryl methyl sites for hydroxylation is 1. The van der Waals surface area contributed by atoms with Crippen LogP contribution in [0.4, 0.5) is 0 Å². The number of allylic oxidation sites excluding steroid dienone is 1. The maximum absolute atomic E-state index is 12.4. The number of halogens is 1. The van der Waals surface area contributed by atoms with Crippen molar-refractivity contribution in [3.63, 3.8) is 0 Å². The molecular formula is C19H23ClN2O3. The van der Waals surface area contributed by atoms with Crippen LogP contribution < -0.4 is 9.47 Å². The number of hydrogen-bond donors (Lipinski definition) is 0. The highest BCUT2D eigenvalue weighted by Gasteiger charge is 2.13. The van der Waals surface area contributed by atoms with Gasteiger partial charge >= 0.3 is 0 Å². The Kier molecular flexibility index (Phi) is 6.26. The van der Waals surface area contributed by atoms with Crippen LogP contribution in [0.3, 0.4) is 0 Å². The summed E-state index contributed by atoms with van der Waals surface area (Å²) in [7, 11) is 3.09. The van der Waals surface area contributed by atoms with Crippen LogP contribution in [-0.2, 0) is 6.54 Å². The highest BCUT2D eigenvalue weighted by Crippen LogP contribution is 2.28. The zero-order valence-electron chi connectivity index (χ0n) is 15.2. The molecule has 0 radical (unpaired) electrons. The predicted octanol–water partition coefficient (Wildman–Crippen LogP) is 4.41. The van der Waals surface area contributed by atoms with Gasteiger partial charge in [0.2, 0.25) is 0 Å². The fourth-order valence-electron chi connectivity index (χ4n) is 2.47. The number of benzene rings is 1. The second kappa shape index (κ2) is 8.21. The third kappa shape index (κ3) is 4.42. The zero-order chi connectivity index (χ0) is 18.6. The van der Waals surface area contributed by atoms with E-state index in [-0.39, 0.29) is 5.78 Å². The van der Waals surface area contributed by atoms with Gasteiger partial charge in [0.1, 0.15) is 5.15 Å². The summed E-state index contributed by atoms with van der Waals surface area (Å²) in [6.07, 6.45) is 3.21. The molecule has 0 amide bonds. The van der Waals surface area contributed by atoms with Crippen LogP contribution in [-0.4, -0.2) is 29.8 Å². The lowest BCUT2D eigenvalue weighted by atomic mass is 10.1. The Morgan fingerprint density at radius 3 is 2.56 bits per heavy atom. The van der Waals surface area contributed by atoms with Crippen LogP contribution in [0.1, 0.15) is 35.5 Å². The maximum Gasteiger partial charge on any atom is 0.185 e. The molecule has 0 saturated heterocycles. The molecule has 0 fully saturated rings. The van der Waals surface area contributed by atoms with Gasteiger partial charge in [-0.1, -0.05) is 25.4 Å². The number of rotatable bonds is 7. The Morgan fingerprint density at radius 2 is 1.96 bits per heavy atom. The normalized spacial score (nSPS) is 11.3. The molecule has 134 valence electrons. The molecule has 0 N–H and O–H groups in total. The second-order valence-electron chi connectivity index (χ2n) is 6.13. The van der Waals surface area contributed by atoms with Gasteiger partial charge in [-0.15, -0.1) is 0 Å². The van der Waals surface area contributed by atoms with Crippen LogP contribution in [0.5, 0.6) is 11.5 Å². The highest BCUT2D eigenvalue weighted by atomic mass is 35.5. The summed E-state index contributed by atoms with van der Waals surface area (Å²) in [5, 5.41) is 4.98. The largest absolute Gasteiger partial charge is 0.493 e. The third-order valence-electron chi connectivity index (χ3n) is 3.72. The summed E-state index contributed by atoms with van der Waals surface area (Å²) in [4.78, 5) is 12.4. The summed E-state index contributed by atoms with van der Waals surface area (Å²) in [6, 6.07) is 5.06. The van der Waals surface area contributed by atoms with Gasteiger partial charge in [-0.05, 0) is 43.2 Å². The van der Waals surface area contributed by atoms with Crippen molar-refractivity contribution < 1.29 is 14.3 Å². The van der Waals surface area contributed by atoms with Crippen molar-refractivity contribution in [2.75, 3.05) is 14.2 Å². The van der Waals surface area contributed by atoms with Crippen LogP contribution in [0.2, 0.25) is 5.15 Å². The number of methoxy groups -OCH3 is 2. The summed E-state index contributed by atoms with van der Waals surface area (Å²) in [6.45, 7) is 6.81. The molecule has 0 bridgehead atoms. The number of ether oxygens (including phenoxy) is 2. The summed E-state index contributed by atoms with van der Waals surface area (Å²) >= 11 is 6.39. The number of hydrogen-bond acceptors (Lipinski definition) is 4. The molecule has 0 atom stereocenters. The van der Waals surface area contributed by atoms with Crippen LogP contribution in [0, 0.1) is 12.8 Å².